The molecule has 2 N–H and O–H groups in total. The number of anilines is 1. The van der Waals surface area contributed by atoms with Gasteiger partial charge in [-0.2, -0.15) is 0 Å². The average molecular weight is 251 g/mol. The van der Waals surface area contributed by atoms with Crippen LogP contribution in [0.2, 0.25) is 0 Å². The van der Waals surface area contributed by atoms with E-state index in [1.807, 2.05) is 0 Å². The van der Waals surface area contributed by atoms with Gasteiger partial charge in [0.05, 0.1) is 5.56 Å². The van der Waals surface area contributed by atoms with Gasteiger partial charge in [0.1, 0.15) is 0 Å². The molecule has 0 saturated heterocycles. The normalized spacial score (nSPS) is 10.1. The summed E-state index contributed by atoms with van der Waals surface area (Å²) >= 11 is 0. The monoisotopic (exact) mass is 251 g/mol. The third kappa shape index (κ3) is 4.18. The highest BCUT2D eigenvalue weighted by Gasteiger charge is 2.08. The highest BCUT2D eigenvalue weighted by Crippen LogP contribution is 2.17. The molecule has 0 fully saturated rings. The molecular formula is C13H17NO4. The Morgan fingerprint density at radius 3 is 2.67 bits per heavy atom. The second-order valence-corrected chi connectivity index (χ2v) is 3.98. The summed E-state index contributed by atoms with van der Waals surface area (Å²) in [4.78, 5) is 22.3. The van der Waals surface area contributed by atoms with Gasteiger partial charge >= 0.3 is 5.97 Å². The van der Waals surface area contributed by atoms with Gasteiger partial charge in [-0.15, -0.1) is 0 Å². The van der Waals surface area contributed by atoms with Crippen LogP contribution in [0.5, 0.6) is 0 Å². The molecule has 0 bridgehead atoms. The first-order valence-electron chi connectivity index (χ1n) is 5.67. The van der Waals surface area contributed by atoms with Crippen molar-refractivity contribution in [2.45, 2.75) is 19.8 Å². The first kappa shape index (κ1) is 14.2. The van der Waals surface area contributed by atoms with Crippen molar-refractivity contribution in [2.24, 2.45) is 0 Å². The third-order valence-electron chi connectivity index (χ3n) is 2.50. The van der Waals surface area contributed by atoms with Crippen LogP contribution in [0.25, 0.3) is 0 Å². The van der Waals surface area contributed by atoms with E-state index in [2.05, 4.69) is 5.32 Å². The number of rotatable bonds is 6. The first-order valence-corrected chi connectivity index (χ1v) is 5.67. The van der Waals surface area contributed by atoms with Gasteiger partial charge in [-0.05, 0) is 37.1 Å². The molecule has 0 atom stereocenters. The van der Waals surface area contributed by atoms with Gasteiger partial charge in [-0.25, -0.2) is 4.79 Å². The number of aromatic carboxylic acids is 1. The molecule has 0 spiro atoms. The van der Waals surface area contributed by atoms with Gasteiger partial charge in [0.25, 0.3) is 0 Å². The van der Waals surface area contributed by atoms with Crippen LogP contribution in [-0.2, 0) is 9.53 Å². The van der Waals surface area contributed by atoms with Gasteiger partial charge in [0.15, 0.2) is 0 Å². The molecule has 18 heavy (non-hydrogen) atoms. The van der Waals surface area contributed by atoms with Crippen molar-refractivity contribution in [1.29, 1.82) is 0 Å². The van der Waals surface area contributed by atoms with Crippen molar-refractivity contribution < 1.29 is 19.4 Å². The molecule has 0 unspecified atom stereocenters. The number of carboxylic acid groups (broad SMARTS) is 1. The zero-order valence-electron chi connectivity index (χ0n) is 10.5. The van der Waals surface area contributed by atoms with Crippen LogP contribution in [-0.4, -0.2) is 30.7 Å². The van der Waals surface area contributed by atoms with Crippen molar-refractivity contribution in [3.8, 4) is 0 Å². The molecule has 1 amide bonds. The third-order valence-corrected chi connectivity index (χ3v) is 2.50. The van der Waals surface area contributed by atoms with E-state index in [9.17, 15) is 9.59 Å². The number of carbonyl (C=O) groups excluding carboxylic acids is 1. The topological polar surface area (TPSA) is 75.6 Å². The van der Waals surface area contributed by atoms with Crippen molar-refractivity contribution >= 4 is 17.6 Å². The molecule has 0 heterocycles. The Hall–Kier alpha value is -1.88. The maximum atomic E-state index is 11.6. The average Bonchev–Trinajstić information content (AvgIpc) is 2.32. The van der Waals surface area contributed by atoms with Gasteiger partial charge in [-0.3, -0.25) is 4.79 Å². The van der Waals surface area contributed by atoms with Crippen LogP contribution in [0.1, 0.15) is 28.8 Å². The Kier molecular flexibility index (Phi) is 5.32. The van der Waals surface area contributed by atoms with E-state index >= 15 is 0 Å². The number of ether oxygens (including phenoxy) is 1. The Morgan fingerprint density at radius 1 is 1.39 bits per heavy atom. The number of hydrogen-bond acceptors (Lipinski definition) is 3. The van der Waals surface area contributed by atoms with E-state index in [0.717, 1.165) is 5.56 Å². The van der Waals surface area contributed by atoms with Crippen molar-refractivity contribution in [3.63, 3.8) is 0 Å². The fourth-order valence-corrected chi connectivity index (χ4v) is 1.53. The number of amides is 1. The number of carboxylic acids is 1. The predicted molar refractivity (Wildman–Crippen MR) is 67.9 cm³/mol. The minimum atomic E-state index is -0.976. The van der Waals surface area contributed by atoms with Crippen molar-refractivity contribution in [2.75, 3.05) is 19.0 Å². The van der Waals surface area contributed by atoms with E-state index in [0.29, 0.717) is 25.1 Å². The predicted octanol–water partition coefficient (Wildman–Crippen LogP) is 2.06. The lowest BCUT2D eigenvalue weighted by molar-refractivity contribution is -0.116. The second-order valence-electron chi connectivity index (χ2n) is 3.98. The van der Waals surface area contributed by atoms with Crippen LogP contribution in [0, 0.1) is 6.92 Å². The summed E-state index contributed by atoms with van der Waals surface area (Å²) in [5.74, 6) is -1.07. The quantitative estimate of drug-likeness (QED) is 0.759. The summed E-state index contributed by atoms with van der Waals surface area (Å²) in [6.45, 7) is 2.31. The van der Waals surface area contributed by atoms with Gasteiger partial charge in [0.2, 0.25) is 5.91 Å². The molecule has 5 nitrogen and oxygen atoms in total. The molecule has 98 valence electrons. The SMILES string of the molecule is COCCCC(=O)Nc1ccc(C(=O)O)cc1C. The number of nitrogens with one attached hydrogen (secondary N) is 1. The van der Waals surface area contributed by atoms with Crippen LogP contribution in [0.3, 0.4) is 0 Å². The summed E-state index contributed by atoms with van der Waals surface area (Å²) < 4.78 is 4.86. The van der Waals surface area contributed by atoms with Crippen LogP contribution in [0.4, 0.5) is 5.69 Å². The van der Waals surface area contributed by atoms with Gasteiger partial charge < -0.3 is 15.2 Å². The van der Waals surface area contributed by atoms with E-state index in [1.54, 1.807) is 20.1 Å². The van der Waals surface area contributed by atoms with E-state index in [1.165, 1.54) is 12.1 Å². The Bertz CT molecular complexity index is 443. The highest BCUT2D eigenvalue weighted by molar-refractivity contribution is 5.93. The lowest BCUT2D eigenvalue weighted by Crippen LogP contribution is -2.13. The second kappa shape index (κ2) is 6.76. The number of aryl methyl sites for hydroxylation is 1. The van der Waals surface area contributed by atoms with Gasteiger partial charge in [-0.1, -0.05) is 0 Å². The summed E-state index contributed by atoms with van der Waals surface area (Å²) in [5, 5.41) is 11.6. The fourth-order valence-electron chi connectivity index (χ4n) is 1.53. The van der Waals surface area contributed by atoms with E-state index in [4.69, 9.17) is 9.84 Å². The lowest BCUT2D eigenvalue weighted by atomic mass is 10.1. The van der Waals surface area contributed by atoms with Crippen molar-refractivity contribution in [1.82, 2.24) is 0 Å². The molecule has 0 aromatic heterocycles. The Labute approximate surface area is 106 Å². The van der Waals surface area contributed by atoms with E-state index < -0.39 is 5.97 Å². The molecule has 5 heteroatoms. The lowest BCUT2D eigenvalue weighted by Gasteiger charge is -2.09. The molecule has 0 aliphatic carbocycles. The molecule has 0 aliphatic rings. The summed E-state index contributed by atoms with van der Waals surface area (Å²) in [7, 11) is 1.59. The van der Waals surface area contributed by atoms with Crippen LogP contribution in [0.15, 0.2) is 18.2 Å². The van der Waals surface area contributed by atoms with Crippen LogP contribution < -0.4 is 5.32 Å². The largest absolute Gasteiger partial charge is 0.478 e. The summed E-state index contributed by atoms with van der Waals surface area (Å²) in [6.07, 6.45) is 1.04. The molecule has 0 aliphatic heterocycles. The summed E-state index contributed by atoms with van der Waals surface area (Å²) in [5.41, 5.74) is 1.59. The molecule has 1 aromatic rings. The Morgan fingerprint density at radius 2 is 2.11 bits per heavy atom. The van der Waals surface area contributed by atoms with Gasteiger partial charge in [0, 0.05) is 25.8 Å². The van der Waals surface area contributed by atoms with Crippen molar-refractivity contribution in [3.05, 3.63) is 29.3 Å². The molecular weight excluding hydrogens is 234 g/mol. The smallest absolute Gasteiger partial charge is 0.335 e. The van der Waals surface area contributed by atoms with Crippen LogP contribution >= 0.6 is 0 Å². The minimum absolute atomic E-state index is 0.0989. The molecule has 0 saturated carbocycles. The molecule has 1 rings (SSSR count). The number of carbonyl (C=O) groups is 2. The fraction of sp³-hybridized carbons (Fsp3) is 0.385. The zero-order valence-corrected chi connectivity index (χ0v) is 10.5. The maximum absolute atomic E-state index is 11.6. The van der Waals surface area contributed by atoms with E-state index in [-0.39, 0.29) is 11.5 Å². The molecule has 0 radical (unpaired) electrons. The molecule has 1 aromatic carbocycles. The minimum Gasteiger partial charge on any atom is -0.478 e. The first-order chi connectivity index (χ1) is 8.54. The number of methoxy groups -OCH3 is 1. The summed E-state index contributed by atoms with van der Waals surface area (Å²) in [6, 6.07) is 4.61. The Balaban J connectivity index is 2.62. The highest BCUT2D eigenvalue weighted by atomic mass is 16.5. The zero-order chi connectivity index (χ0) is 13.5. The number of benzene rings is 1. The maximum Gasteiger partial charge on any atom is 0.335 e. The number of hydrogen-bond donors (Lipinski definition) is 2. The standard InChI is InChI=1S/C13H17NO4/c1-9-8-10(13(16)17)5-6-11(9)14-12(15)4-3-7-18-2/h5-6,8H,3-4,7H2,1-2H3,(H,14,15)(H,16,17).